The van der Waals surface area contributed by atoms with E-state index < -0.39 is 5.92 Å². The van der Waals surface area contributed by atoms with Gasteiger partial charge in [-0.25, -0.2) is 8.78 Å². The molecule has 1 aliphatic carbocycles. The smallest absolute Gasteiger partial charge is 0.272 e. The number of likely N-dealkylation sites (tertiary alicyclic amines) is 1. The zero-order valence-corrected chi connectivity index (χ0v) is 10.4. The Kier molecular flexibility index (Phi) is 3.40. The summed E-state index contributed by atoms with van der Waals surface area (Å²) in [4.78, 5) is 1.91. The fourth-order valence-electron chi connectivity index (χ4n) is 3.21. The molecular formula is C13H20F2N2. The molecule has 1 heterocycles. The van der Waals surface area contributed by atoms with Crippen LogP contribution in [0.3, 0.4) is 0 Å². The Labute approximate surface area is 102 Å². The first-order chi connectivity index (χ1) is 8.00. The van der Waals surface area contributed by atoms with E-state index >= 15 is 0 Å². The molecule has 0 spiro atoms. The molecule has 17 heavy (non-hydrogen) atoms. The molecule has 96 valence electrons. The fourth-order valence-corrected chi connectivity index (χ4v) is 3.21. The van der Waals surface area contributed by atoms with Gasteiger partial charge in [-0.05, 0) is 37.5 Å². The largest absolute Gasteiger partial charge is 0.288 e. The maximum absolute atomic E-state index is 12.8. The summed E-state index contributed by atoms with van der Waals surface area (Å²) in [5.41, 5.74) is 0.165. The zero-order chi connectivity index (χ0) is 12.5. The Morgan fingerprint density at radius 3 is 2.29 bits per heavy atom. The van der Waals surface area contributed by atoms with Crippen molar-refractivity contribution < 1.29 is 8.78 Å². The summed E-state index contributed by atoms with van der Waals surface area (Å²) in [6.07, 6.45) is 5.64. The molecule has 0 radical (unpaired) electrons. The van der Waals surface area contributed by atoms with Crippen LogP contribution in [0.15, 0.2) is 0 Å². The van der Waals surface area contributed by atoms with E-state index in [1.54, 1.807) is 0 Å². The van der Waals surface area contributed by atoms with Crippen molar-refractivity contribution in [2.75, 3.05) is 13.1 Å². The molecule has 0 N–H and O–H groups in total. The van der Waals surface area contributed by atoms with Crippen molar-refractivity contribution >= 4 is 0 Å². The molecule has 0 amide bonds. The molecule has 0 aromatic rings. The number of alkyl halides is 2. The van der Waals surface area contributed by atoms with Crippen LogP contribution in [0.2, 0.25) is 0 Å². The van der Waals surface area contributed by atoms with Gasteiger partial charge in [-0.15, -0.1) is 0 Å². The van der Waals surface area contributed by atoms with Gasteiger partial charge in [0.1, 0.15) is 0 Å². The SMILES string of the molecule is CC[C@]1(CC#N)CC[C@H](N2CC(F)(F)C2)CC1. The summed E-state index contributed by atoms with van der Waals surface area (Å²) in [5, 5.41) is 8.86. The zero-order valence-electron chi connectivity index (χ0n) is 10.4. The molecule has 1 saturated carbocycles. The molecule has 2 aliphatic rings. The van der Waals surface area contributed by atoms with Crippen molar-refractivity contribution in [3.05, 3.63) is 0 Å². The summed E-state index contributed by atoms with van der Waals surface area (Å²) in [6, 6.07) is 2.61. The van der Waals surface area contributed by atoms with Crippen LogP contribution in [0.5, 0.6) is 0 Å². The minimum absolute atomic E-state index is 0.0605. The maximum atomic E-state index is 12.8. The number of nitriles is 1. The molecular weight excluding hydrogens is 222 g/mol. The highest BCUT2D eigenvalue weighted by Crippen LogP contribution is 2.44. The van der Waals surface area contributed by atoms with Gasteiger partial charge in [0, 0.05) is 12.5 Å². The Hall–Kier alpha value is -0.690. The molecule has 2 nitrogen and oxygen atoms in total. The Morgan fingerprint density at radius 1 is 1.29 bits per heavy atom. The van der Waals surface area contributed by atoms with Crippen LogP contribution in [0.25, 0.3) is 0 Å². The molecule has 0 unspecified atom stereocenters. The molecule has 2 fully saturated rings. The average molecular weight is 242 g/mol. The van der Waals surface area contributed by atoms with Crippen molar-refractivity contribution in [2.24, 2.45) is 5.41 Å². The number of nitrogens with zero attached hydrogens (tertiary/aromatic N) is 2. The molecule has 0 bridgehead atoms. The predicted molar refractivity (Wildman–Crippen MR) is 61.7 cm³/mol. The molecule has 0 atom stereocenters. The van der Waals surface area contributed by atoms with E-state index in [1.165, 1.54) is 0 Å². The highest BCUT2D eigenvalue weighted by Gasteiger charge is 2.48. The number of hydrogen-bond donors (Lipinski definition) is 0. The van der Waals surface area contributed by atoms with Crippen LogP contribution in [-0.4, -0.2) is 30.0 Å². The minimum atomic E-state index is -2.45. The lowest BCUT2D eigenvalue weighted by molar-refractivity contribution is -0.152. The van der Waals surface area contributed by atoms with E-state index in [2.05, 4.69) is 13.0 Å². The Balaban J connectivity index is 1.84. The second-order valence-electron chi connectivity index (χ2n) is 5.68. The van der Waals surface area contributed by atoms with Gasteiger partial charge < -0.3 is 0 Å². The van der Waals surface area contributed by atoms with Gasteiger partial charge in [0.05, 0.1) is 19.2 Å². The van der Waals surface area contributed by atoms with Crippen LogP contribution in [0.4, 0.5) is 8.78 Å². The van der Waals surface area contributed by atoms with Crippen molar-refractivity contribution in [3.8, 4) is 6.07 Å². The van der Waals surface area contributed by atoms with Crippen LogP contribution < -0.4 is 0 Å². The molecule has 0 aromatic heterocycles. The normalized spacial score (nSPS) is 37.2. The van der Waals surface area contributed by atoms with Crippen molar-refractivity contribution in [1.29, 1.82) is 5.26 Å². The first-order valence-corrected chi connectivity index (χ1v) is 6.49. The third-order valence-electron chi connectivity index (χ3n) is 4.61. The van der Waals surface area contributed by atoms with Crippen LogP contribution in [0, 0.1) is 16.7 Å². The first-order valence-electron chi connectivity index (χ1n) is 6.49. The summed E-state index contributed by atoms with van der Waals surface area (Å²) in [7, 11) is 0. The first kappa shape index (κ1) is 12.8. The van der Waals surface area contributed by atoms with Crippen molar-refractivity contribution in [2.45, 2.75) is 57.4 Å². The second kappa shape index (κ2) is 4.53. The minimum Gasteiger partial charge on any atom is -0.288 e. The summed E-state index contributed by atoms with van der Waals surface area (Å²) >= 11 is 0. The van der Waals surface area contributed by atoms with Gasteiger partial charge in [0.2, 0.25) is 0 Å². The lowest BCUT2D eigenvalue weighted by atomic mass is 9.68. The summed E-state index contributed by atoms with van der Waals surface area (Å²) in [6.45, 7) is 2.01. The number of hydrogen-bond acceptors (Lipinski definition) is 2. The summed E-state index contributed by atoms with van der Waals surface area (Å²) in [5.74, 6) is -2.45. The summed E-state index contributed by atoms with van der Waals surface area (Å²) < 4.78 is 25.6. The van der Waals surface area contributed by atoms with Gasteiger partial charge in [-0.2, -0.15) is 5.26 Å². The van der Waals surface area contributed by atoms with Gasteiger partial charge in [0.25, 0.3) is 5.92 Å². The van der Waals surface area contributed by atoms with E-state index in [4.69, 9.17) is 5.26 Å². The highest BCUT2D eigenvalue weighted by molar-refractivity contribution is 4.97. The van der Waals surface area contributed by atoms with Gasteiger partial charge in [-0.3, -0.25) is 4.90 Å². The van der Waals surface area contributed by atoms with Crippen LogP contribution in [-0.2, 0) is 0 Å². The van der Waals surface area contributed by atoms with Crippen molar-refractivity contribution in [3.63, 3.8) is 0 Å². The van der Waals surface area contributed by atoms with Crippen molar-refractivity contribution in [1.82, 2.24) is 4.90 Å². The Morgan fingerprint density at radius 2 is 1.88 bits per heavy atom. The van der Waals surface area contributed by atoms with Gasteiger partial charge in [0.15, 0.2) is 0 Å². The van der Waals surface area contributed by atoms with Crippen LogP contribution in [0.1, 0.15) is 45.4 Å². The fraction of sp³-hybridized carbons (Fsp3) is 0.923. The van der Waals surface area contributed by atoms with E-state index in [-0.39, 0.29) is 18.5 Å². The van der Waals surface area contributed by atoms with E-state index in [1.807, 2.05) is 4.90 Å². The maximum Gasteiger partial charge on any atom is 0.272 e. The number of halogens is 2. The third kappa shape index (κ3) is 2.60. The molecule has 1 saturated heterocycles. The van der Waals surface area contributed by atoms with E-state index in [0.29, 0.717) is 12.5 Å². The molecule has 1 aliphatic heterocycles. The Bertz CT molecular complexity index is 306. The third-order valence-corrected chi connectivity index (χ3v) is 4.61. The molecule has 0 aromatic carbocycles. The standard InChI is InChI=1S/C13H20F2N2/c1-2-12(7-8-16)5-3-11(4-6-12)17-9-13(14,15)10-17/h11H,2-7,9-10H2,1H3/t11-,12-. The quantitative estimate of drug-likeness (QED) is 0.760. The monoisotopic (exact) mass is 242 g/mol. The van der Waals surface area contributed by atoms with E-state index in [9.17, 15) is 8.78 Å². The highest BCUT2D eigenvalue weighted by atomic mass is 19.3. The lowest BCUT2D eigenvalue weighted by Crippen LogP contribution is -2.60. The van der Waals surface area contributed by atoms with Crippen LogP contribution >= 0.6 is 0 Å². The van der Waals surface area contributed by atoms with Gasteiger partial charge >= 0.3 is 0 Å². The molecule has 2 rings (SSSR count). The number of rotatable bonds is 3. The topological polar surface area (TPSA) is 27.0 Å². The van der Waals surface area contributed by atoms with Gasteiger partial charge in [-0.1, -0.05) is 6.92 Å². The average Bonchev–Trinajstić information content (AvgIpc) is 2.27. The molecule has 4 heteroatoms. The second-order valence-corrected chi connectivity index (χ2v) is 5.68. The predicted octanol–water partition coefficient (Wildman–Crippen LogP) is 3.19. The lowest BCUT2D eigenvalue weighted by Gasteiger charge is -2.48. The van der Waals surface area contributed by atoms with E-state index in [0.717, 1.165) is 32.1 Å².